The van der Waals surface area contributed by atoms with E-state index in [1.807, 2.05) is 0 Å². The zero-order chi connectivity index (χ0) is 20.1. The van der Waals surface area contributed by atoms with Crippen LogP contribution in [0.4, 0.5) is 21.5 Å². The fourth-order valence-electron chi connectivity index (χ4n) is 2.46. The van der Waals surface area contributed by atoms with Gasteiger partial charge >= 0.3 is 0 Å². The molecular weight excluding hydrogens is 355 g/mol. The largest absolute Gasteiger partial charge is 0.372 e. The number of hydrogen-bond acceptors (Lipinski definition) is 5. The molecule has 0 atom stereocenters. The van der Waals surface area contributed by atoms with Gasteiger partial charge in [0.05, 0.1) is 11.5 Å². The molecular formula is C18H19FN4O4. The number of anilines is 2. The molecule has 0 fully saturated rings. The van der Waals surface area contributed by atoms with Crippen molar-refractivity contribution in [3.8, 4) is 0 Å². The Bertz CT molecular complexity index is 885. The maximum atomic E-state index is 13.1. The van der Waals surface area contributed by atoms with E-state index < -0.39 is 22.6 Å². The van der Waals surface area contributed by atoms with Crippen molar-refractivity contribution >= 4 is 28.9 Å². The van der Waals surface area contributed by atoms with Gasteiger partial charge in [-0.15, -0.1) is 0 Å². The molecule has 2 aromatic rings. The Balaban J connectivity index is 2.11. The maximum Gasteiger partial charge on any atom is 0.293 e. The molecule has 2 rings (SSSR count). The van der Waals surface area contributed by atoms with Crippen LogP contribution in [0.1, 0.15) is 10.4 Å². The first kappa shape index (κ1) is 19.8. The lowest BCUT2D eigenvalue weighted by Gasteiger charge is -2.18. The highest BCUT2D eigenvalue weighted by molar-refractivity contribution is 6.00. The van der Waals surface area contributed by atoms with Crippen molar-refractivity contribution in [2.45, 2.75) is 0 Å². The number of carbonyl (C=O) groups is 2. The van der Waals surface area contributed by atoms with E-state index in [0.29, 0.717) is 5.69 Å². The van der Waals surface area contributed by atoms with Crippen molar-refractivity contribution in [2.24, 2.45) is 0 Å². The van der Waals surface area contributed by atoms with Crippen LogP contribution < -0.4 is 10.2 Å². The van der Waals surface area contributed by atoms with Crippen molar-refractivity contribution in [1.82, 2.24) is 4.90 Å². The Hall–Kier alpha value is -3.49. The third-order valence-corrected chi connectivity index (χ3v) is 3.74. The van der Waals surface area contributed by atoms with E-state index in [-0.39, 0.29) is 23.5 Å². The van der Waals surface area contributed by atoms with Crippen LogP contribution in [-0.4, -0.2) is 49.3 Å². The average Bonchev–Trinajstić information content (AvgIpc) is 2.60. The van der Waals surface area contributed by atoms with Gasteiger partial charge in [-0.3, -0.25) is 19.7 Å². The molecule has 1 N–H and O–H groups in total. The van der Waals surface area contributed by atoms with Gasteiger partial charge in [-0.2, -0.15) is 0 Å². The van der Waals surface area contributed by atoms with Gasteiger partial charge in [-0.05, 0) is 30.3 Å². The molecule has 142 valence electrons. The number of nitro groups is 1. The summed E-state index contributed by atoms with van der Waals surface area (Å²) < 4.78 is 13.1. The lowest BCUT2D eigenvalue weighted by atomic mass is 10.1. The summed E-state index contributed by atoms with van der Waals surface area (Å²) in [5.74, 6) is -1.56. The summed E-state index contributed by atoms with van der Waals surface area (Å²) in [5, 5.41) is 13.7. The number of nitro benzene ring substituents is 1. The normalized spacial score (nSPS) is 10.2. The summed E-state index contributed by atoms with van der Waals surface area (Å²) in [6.45, 7) is -0.293. The minimum absolute atomic E-state index is 0.0911. The molecule has 0 saturated carbocycles. The fraction of sp³-hybridized carbons (Fsp3) is 0.222. The predicted octanol–water partition coefficient (Wildman–Crippen LogP) is 2.51. The molecule has 0 bridgehead atoms. The van der Waals surface area contributed by atoms with Gasteiger partial charge in [0, 0.05) is 38.5 Å². The number of nitrogens with zero attached hydrogens (tertiary/aromatic N) is 3. The van der Waals surface area contributed by atoms with Gasteiger partial charge in [0.25, 0.3) is 11.6 Å². The van der Waals surface area contributed by atoms with E-state index in [0.717, 1.165) is 11.0 Å². The second-order valence-electron chi connectivity index (χ2n) is 6.07. The smallest absolute Gasteiger partial charge is 0.293 e. The van der Waals surface area contributed by atoms with Crippen LogP contribution >= 0.6 is 0 Å². The summed E-state index contributed by atoms with van der Waals surface area (Å²) in [7, 11) is 4.72. The predicted molar refractivity (Wildman–Crippen MR) is 99.4 cm³/mol. The molecule has 0 aliphatic heterocycles. The van der Waals surface area contributed by atoms with Crippen molar-refractivity contribution in [3.05, 3.63) is 64.0 Å². The summed E-state index contributed by atoms with van der Waals surface area (Å²) >= 11 is 0. The van der Waals surface area contributed by atoms with Gasteiger partial charge in [0.1, 0.15) is 11.5 Å². The van der Waals surface area contributed by atoms with Gasteiger partial charge in [0.2, 0.25) is 5.91 Å². The third-order valence-electron chi connectivity index (χ3n) is 3.74. The highest BCUT2D eigenvalue weighted by Crippen LogP contribution is 2.28. The Morgan fingerprint density at radius 1 is 1.15 bits per heavy atom. The number of rotatable bonds is 6. The molecule has 8 nitrogen and oxygen atoms in total. The Kier molecular flexibility index (Phi) is 6.07. The molecule has 0 saturated heterocycles. The number of benzene rings is 2. The second-order valence-corrected chi connectivity index (χ2v) is 6.07. The van der Waals surface area contributed by atoms with Gasteiger partial charge in [0.15, 0.2) is 0 Å². The molecule has 0 aliphatic carbocycles. The first-order valence-corrected chi connectivity index (χ1v) is 7.95. The highest BCUT2D eigenvalue weighted by Gasteiger charge is 2.21. The van der Waals surface area contributed by atoms with Crippen molar-refractivity contribution in [1.29, 1.82) is 0 Å². The summed E-state index contributed by atoms with van der Waals surface area (Å²) in [5.41, 5.74) is 0.520. The molecule has 0 spiro atoms. The molecule has 0 radical (unpaired) electrons. The zero-order valence-corrected chi connectivity index (χ0v) is 15.1. The van der Waals surface area contributed by atoms with E-state index in [9.17, 15) is 24.1 Å². The molecule has 0 unspecified atom stereocenters. The number of likely N-dealkylation sites (N-methyl/N-ethyl adjacent to an activating group) is 1. The average molecular weight is 374 g/mol. The number of hydrogen-bond donors (Lipinski definition) is 1. The van der Waals surface area contributed by atoms with E-state index in [1.165, 1.54) is 43.4 Å². The van der Waals surface area contributed by atoms with Crippen LogP contribution in [0.3, 0.4) is 0 Å². The topological polar surface area (TPSA) is 95.8 Å². The second kappa shape index (κ2) is 8.26. The molecule has 9 heteroatoms. The SMILES string of the molecule is CN(CC(=O)Nc1cccc(F)c1)C(=O)c1ccc(N(C)C)c([N+](=O)[O-])c1. The van der Waals surface area contributed by atoms with Gasteiger partial charge in [-0.1, -0.05) is 6.07 Å². The standard InChI is InChI=1S/C18H19FN4O4/c1-21(2)15-8-7-12(9-16(15)23(26)27)18(25)22(3)11-17(24)20-14-6-4-5-13(19)10-14/h4-10H,11H2,1-3H3,(H,20,24). The van der Waals surface area contributed by atoms with Crippen molar-refractivity contribution < 1.29 is 18.9 Å². The molecule has 2 aromatic carbocycles. The molecule has 0 aliphatic rings. The first-order valence-electron chi connectivity index (χ1n) is 7.95. The molecule has 2 amide bonds. The van der Waals surface area contributed by atoms with Crippen LogP contribution in [0.5, 0.6) is 0 Å². The molecule has 27 heavy (non-hydrogen) atoms. The monoisotopic (exact) mass is 374 g/mol. The first-order chi connectivity index (χ1) is 12.7. The quantitative estimate of drug-likeness (QED) is 0.619. The zero-order valence-electron chi connectivity index (χ0n) is 15.1. The number of carbonyl (C=O) groups excluding carboxylic acids is 2. The van der Waals surface area contributed by atoms with Crippen LogP contribution in [0, 0.1) is 15.9 Å². The highest BCUT2D eigenvalue weighted by atomic mass is 19.1. The third kappa shape index (κ3) is 5.00. The number of halogens is 1. The minimum Gasteiger partial charge on any atom is -0.372 e. The van der Waals surface area contributed by atoms with Crippen LogP contribution in [0.15, 0.2) is 42.5 Å². The molecule has 0 heterocycles. The van der Waals surface area contributed by atoms with E-state index in [2.05, 4.69) is 5.32 Å². The van der Waals surface area contributed by atoms with Crippen molar-refractivity contribution in [2.75, 3.05) is 37.9 Å². The van der Waals surface area contributed by atoms with Crippen LogP contribution in [-0.2, 0) is 4.79 Å². The minimum atomic E-state index is -0.567. The fourth-order valence-corrected chi connectivity index (χ4v) is 2.46. The Morgan fingerprint density at radius 3 is 2.44 bits per heavy atom. The van der Waals surface area contributed by atoms with E-state index >= 15 is 0 Å². The van der Waals surface area contributed by atoms with E-state index in [4.69, 9.17) is 0 Å². The summed E-state index contributed by atoms with van der Waals surface area (Å²) in [6.07, 6.45) is 0. The lowest BCUT2D eigenvalue weighted by molar-refractivity contribution is -0.384. The molecule has 0 aromatic heterocycles. The Labute approximate surface area is 155 Å². The van der Waals surface area contributed by atoms with Gasteiger partial charge < -0.3 is 15.1 Å². The summed E-state index contributed by atoms with van der Waals surface area (Å²) in [4.78, 5) is 37.9. The van der Waals surface area contributed by atoms with Gasteiger partial charge in [-0.25, -0.2) is 4.39 Å². The van der Waals surface area contributed by atoms with E-state index in [1.54, 1.807) is 19.0 Å². The van der Waals surface area contributed by atoms with Crippen LogP contribution in [0.2, 0.25) is 0 Å². The lowest BCUT2D eigenvalue weighted by Crippen LogP contribution is -2.35. The number of amides is 2. The van der Waals surface area contributed by atoms with Crippen molar-refractivity contribution in [3.63, 3.8) is 0 Å². The summed E-state index contributed by atoms with van der Waals surface area (Å²) in [6, 6.07) is 9.49. The van der Waals surface area contributed by atoms with Crippen LogP contribution in [0.25, 0.3) is 0 Å². The Morgan fingerprint density at radius 2 is 1.85 bits per heavy atom. The maximum absolute atomic E-state index is 13.1. The number of nitrogens with one attached hydrogen (secondary N) is 1.